The molecule has 0 spiro atoms. The first-order valence-electron chi connectivity index (χ1n) is 7.10. The second-order valence-corrected chi connectivity index (χ2v) is 5.40. The zero-order valence-electron chi connectivity index (χ0n) is 11.4. The Hall–Kier alpha value is -1.41. The van der Waals surface area contributed by atoms with E-state index in [1.165, 1.54) is 19.3 Å². The molecule has 104 valence electrons. The van der Waals surface area contributed by atoms with Gasteiger partial charge in [-0.1, -0.05) is 31.3 Å². The summed E-state index contributed by atoms with van der Waals surface area (Å²) in [6, 6.07) is 1.93. The Kier molecular flexibility index (Phi) is 4.92. The summed E-state index contributed by atoms with van der Waals surface area (Å²) in [7, 11) is 0. The van der Waals surface area contributed by atoms with Gasteiger partial charge in [-0.3, -0.25) is 0 Å². The highest BCUT2D eigenvalue weighted by atomic mass is 16.5. The molecule has 3 unspecified atom stereocenters. The number of nitriles is 1. The van der Waals surface area contributed by atoms with E-state index in [1.807, 2.05) is 6.07 Å². The smallest absolute Gasteiger partial charge is 0.229 e. The normalized spacial score (nSPS) is 24.9. The predicted molar refractivity (Wildman–Crippen MR) is 69.2 cm³/mol. The molecule has 1 fully saturated rings. The average molecular weight is 263 g/mol. The van der Waals surface area contributed by atoms with Crippen LogP contribution in [0.25, 0.3) is 0 Å². The first-order chi connectivity index (χ1) is 9.22. The highest BCUT2D eigenvalue weighted by molar-refractivity contribution is 4.99. The summed E-state index contributed by atoms with van der Waals surface area (Å²) in [5.41, 5.74) is 0. The number of hydrogen-bond donors (Lipinski definition) is 1. The molecule has 1 N–H and O–H groups in total. The molecule has 1 aromatic heterocycles. The van der Waals surface area contributed by atoms with Gasteiger partial charge in [0.2, 0.25) is 5.89 Å². The van der Waals surface area contributed by atoms with Gasteiger partial charge in [-0.15, -0.1) is 0 Å². The Balaban J connectivity index is 1.95. The summed E-state index contributed by atoms with van der Waals surface area (Å²) in [4.78, 5) is 4.38. The molecule has 0 radical (unpaired) electrons. The quantitative estimate of drug-likeness (QED) is 0.882. The van der Waals surface area contributed by atoms with Crippen molar-refractivity contribution in [1.82, 2.24) is 10.1 Å². The van der Waals surface area contributed by atoms with Crippen molar-refractivity contribution >= 4 is 0 Å². The number of nitrogens with zero attached hydrogens (tertiary/aromatic N) is 3. The maximum atomic E-state index is 9.55. The fraction of sp³-hybridized carbons (Fsp3) is 0.786. The molecule has 0 aromatic carbocycles. The van der Waals surface area contributed by atoms with Gasteiger partial charge >= 0.3 is 0 Å². The zero-order chi connectivity index (χ0) is 13.7. The van der Waals surface area contributed by atoms with E-state index in [2.05, 4.69) is 17.1 Å². The van der Waals surface area contributed by atoms with Gasteiger partial charge in [-0.05, 0) is 18.8 Å². The molecule has 5 heteroatoms. The van der Waals surface area contributed by atoms with Crippen LogP contribution in [0.3, 0.4) is 0 Å². The van der Waals surface area contributed by atoms with Crippen molar-refractivity contribution in [2.75, 3.05) is 0 Å². The van der Waals surface area contributed by atoms with Gasteiger partial charge in [0.1, 0.15) is 0 Å². The number of hydrogen-bond acceptors (Lipinski definition) is 5. The van der Waals surface area contributed by atoms with E-state index in [4.69, 9.17) is 9.78 Å². The highest BCUT2D eigenvalue weighted by Gasteiger charge is 2.26. The van der Waals surface area contributed by atoms with E-state index >= 15 is 0 Å². The Morgan fingerprint density at radius 2 is 2.37 bits per heavy atom. The van der Waals surface area contributed by atoms with Crippen LogP contribution < -0.4 is 0 Å². The molecule has 1 aliphatic rings. The van der Waals surface area contributed by atoms with Crippen LogP contribution in [0.2, 0.25) is 0 Å². The maximum absolute atomic E-state index is 9.55. The Morgan fingerprint density at radius 1 is 1.53 bits per heavy atom. The van der Waals surface area contributed by atoms with Gasteiger partial charge in [0.05, 0.1) is 25.0 Å². The first kappa shape index (κ1) is 14.0. The van der Waals surface area contributed by atoms with E-state index in [0.717, 1.165) is 24.6 Å². The fourth-order valence-electron chi connectivity index (χ4n) is 2.79. The first-order valence-corrected chi connectivity index (χ1v) is 7.10. The van der Waals surface area contributed by atoms with Crippen LogP contribution in [-0.4, -0.2) is 21.4 Å². The van der Waals surface area contributed by atoms with Crippen molar-refractivity contribution in [2.24, 2.45) is 5.92 Å². The summed E-state index contributed by atoms with van der Waals surface area (Å²) in [6.07, 6.45) is 5.65. The Morgan fingerprint density at radius 3 is 3.11 bits per heavy atom. The monoisotopic (exact) mass is 263 g/mol. The van der Waals surface area contributed by atoms with Crippen LogP contribution in [0.15, 0.2) is 4.52 Å². The van der Waals surface area contributed by atoms with Crippen LogP contribution >= 0.6 is 0 Å². The van der Waals surface area contributed by atoms with Gasteiger partial charge in [0.15, 0.2) is 5.82 Å². The van der Waals surface area contributed by atoms with Gasteiger partial charge in [0, 0.05) is 5.92 Å². The van der Waals surface area contributed by atoms with E-state index in [-0.39, 0.29) is 12.8 Å². The van der Waals surface area contributed by atoms with Crippen molar-refractivity contribution in [3.05, 3.63) is 11.7 Å². The van der Waals surface area contributed by atoms with Crippen LogP contribution in [0.5, 0.6) is 0 Å². The molecule has 1 aromatic rings. The van der Waals surface area contributed by atoms with Gasteiger partial charge in [0.25, 0.3) is 0 Å². The van der Waals surface area contributed by atoms with Crippen LogP contribution in [0, 0.1) is 17.2 Å². The largest absolute Gasteiger partial charge is 0.392 e. The lowest BCUT2D eigenvalue weighted by Crippen LogP contribution is -2.15. The third kappa shape index (κ3) is 3.77. The molecule has 2 rings (SSSR count). The molecule has 19 heavy (non-hydrogen) atoms. The van der Waals surface area contributed by atoms with Crippen LogP contribution in [0.4, 0.5) is 0 Å². The Labute approximate surface area is 113 Å². The molecule has 3 atom stereocenters. The summed E-state index contributed by atoms with van der Waals surface area (Å²) in [6.45, 7) is 2.23. The second kappa shape index (κ2) is 6.67. The summed E-state index contributed by atoms with van der Waals surface area (Å²) < 4.78 is 5.17. The van der Waals surface area contributed by atoms with Gasteiger partial charge in [-0.25, -0.2) is 0 Å². The number of aromatic nitrogens is 2. The minimum absolute atomic E-state index is 0.0963. The molecule has 0 bridgehead atoms. The van der Waals surface area contributed by atoms with E-state index in [0.29, 0.717) is 11.8 Å². The molecule has 0 aliphatic heterocycles. The lowest BCUT2D eigenvalue weighted by Gasteiger charge is -2.26. The predicted octanol–water partition coefficient (Wildman–Crippen LogP) is 2.57. The third-order valence-electron chi connectivity index (χ3n) is 3.95. The molecule has 1 aliphatic carbocycles. The van der Waals surface area contributed by atoms with Crippen molar-refractivity contribution in [2.45, 2.75) is 63.9 Å². The van der Waals surface area contributed by atoms with Crippen molar-refractivity contribution < 1.29 is 9.63 Å². The number of rotatable bonds is 5. The summed E-state index contributed by atoms with van der Waals surface area (Å²) in [5.74, 6) is 2.38. The molecule has 0 amide bonds. The highest BCUT2D eigenvalue weighted by Crippen LogP contribution is 2.36. The van der Waals surface area contributed by atoms with E-state index < -0.39 is 6.10 Å². The fourth-order valence-corrected chi connectivity index (χ4v) is 2.79. The van der Waals surface area contributed by atoms with E-state index in [9.17, 15) is 5.11 Å². The van der Waals surface area contributed by atoms with Crippen molar-refractivity contribution in [1.29, 1.82) is 5.26 Å². The molecule has 1 saturated carbocycles. The Bertz CT molecular complexity index is 438. The van der Waals surface area contributed by atoms with E-state index in [1.54, 1.807) is 0 Å². The molecular formula is C14H21N3O2. The van der Waals surface area contributed by atoms with Crippen molar-refractivity contribution in [3.8, 4) is 6.07 Å². The SMILES string of the molecule is CCC1CCCC(c2noc(CC(O)CC#N)n2)C1. The van der Waals surface area contributed by atoms with Gasteiger partial charge < -0.3 is 9.63 Å². The van der Waals surface area contributed by atoms with Gasteiger partial charge in [-0.2, -0.15) is 10.2 Å². The maximum Gasteiger partial charge on any atom is 0.229 e. The lowest BCUT2D eigenvalue weighted by atomic mass is 9.80. The third-order valence-corrected chi connectivity index (χ3v) is 3.95. The minimum atomic E-state index is -0.715. The number of aliphatic hydroxyl groups excluding tert-OH is 1. The molecule has 1 heterocycles. The molecule has 5 nitrogen and oxygen atoms in total. The molecular weight excluding hydrogens is 242 g/mol. The summed E-state index contributed by atoms with van der Waals surface area (Å²) >= 11 is 0. The number of aliphatic hydroxyl groups is 1. The standard InChI is InChI=1S/C14H21N3O2/c1-2-10-4-3-5-11(8-10)14-16-13(19-17-14)9-12(18)6-7-15/h10-12,18H,2-6,8-9H2,1H3. The summed E-state index contributed by atoms with van der Waals surface area (Å²) in [5, 5.41) is 22.1. The molecule has 0 saturated heterocycles. The topological polar surface area (TPSA) is 82.9 Å². The minimum Gasteiger partial charge on any atom is -0.392 e. The van der Waals surface area contributed by atoms with Crippen LogP contribution in [-0.2, 0) is 6.42 Å². The zero-order valence-corrected chi connectivity index (χ0v) is 11.4. The van der Waals surface area contributed by atoms with Crippen molar-refractivity contribution in [3.63, 3.8) is 0 Å². The van der Waals surface area contributed by atoms with Crippen LogP contribution in [0.1, 0.15) is 63.1 Å². The average Bonchev–Trinajstić information content (AvgIpc) is 2.87. The second-order valence-electron chi connectivity index (χ2n) is 5.40. The lowest BCUT2D eigenvalue weighted by molar-refractivity contribution is 0.166.